The third kappa shape index (κ3) is 5.97. The second kappa shape index (κ2) is 9.50. The average Bonchev–Trinajstić information content (AvgIpc) is 2.63. The summed E-state index contributed by atoms with van der Waals surface area (Å²) in [5, 5.41) is 2.82. The second-order valence-corrected chi connectivity index (χ2v) is 8.11. The molecule has 2 rings (SSSR count). The Morgan fingerprint density at radius 1 is 1.04 bits per heavy atom. The third-order valence-electron chi connectivity index (χ3n) is 4.13. The van der Waals surface area contributed by atoms with Crippen LogP contribution in [0.4, 0.5) is 5.69 Å². The topological polar surface area (TPSA) is 75.3 Å². The molecule has 0 saturated carbocycles. The number of rotatable bonds is 9. The highest BCUT2D eigenvalue weighted by Crippen LogP contribution is 2.20. The van der Waals surface area contributed by atoms with Crippen LogP contribution in [0.1, 0.15) is 44.6 Å². The van der Waals surface area contributed by atoms with Gasteiger partial charge in [-0.3, -0.25) is 4.79 Å². The molecule has 26 heavy (non-hydrogen) atoms. The van der Waals surface area contributed by atoms with Crippen molar-refractivity contribution < 1.29 is 13.2 Å². The highest BCUT2D eigenvalue weighted by Gasteiger charge is 2.14. The fourth-order valence-corrected chi connectivity index (χ4v) is 3.65. The van der Waals surface area contributed by atoms with Crippen LogP contribution in [0.5, 0.6) is 0 Å². The van der Waals surface area contributed by atoms with Gasteiger partial charge in [-0.1, -0.05) is 50.6 Å². The van der Waals surface area contributed by atoms with Gasteiger partial charge >= 0.3 is 0 Å². The quantitative estimate of drug-likeness (QED) is 0.654. The van der Waals surface area contributed by atoms with Crippen molar-refractivity contribution in [2.24, 2.45) is 0 Å². The first-order valence-corrected chi connectivity index (χ1v) is 10.3. The SMILES string of the molecule is CCCCNS(=O)(=O)c1ccc(NC(=O)CC(C)c2ccccc2)cc1. The standard InChI is InChI=1S/C20H26N2O3S/c1-3-4-14-21-26(24,25)19-12-10-18(11-13-19)22-20(23)15-16(2)17-8-6-5-7-9-17/h5-13,16,21H,3-4,14-15H2,1-2H3,(H,22,23). The van der Waals surface area contributed by atoms with Crippen LogP contribution in [-0.2, 0) is 14.8 Å². The summed E-state index contributed by atoms with van der Waals surface area (Å²) in [6.07, 6.45) is 2.09. The Hall–Kier alpha value is -2.18. The molecule has 0 aromatic heterocycles. The summed E-state index contributed by atoms with van der Waals surface area (Å²) < 4.78 is 26.9. The van der Waals surface area contributed by atoms with E-state index in [1.165, 1.54) is 12.1 Å². The number of benzene rings is 2. The number of hydrogen-bond acceptors (Lipinski definition) is 3. The van der Waals surface area contributed by atoms with Gasteiger partial charge in [0.15, 0.2) is 0 Å². The van der Waals surface area contributed by atoms with E-state index in [0.29, 0.717) is 18.7 Å². The summed E-state index contributed by atoms with van der Waals surface area (Å²) in [6, 6.07) is 16.1. The van der Waals surface area contributed by atoms with Crippen LogP contribution < -0.4 is 10.0 Å². The van der Waals surface area contributed by atoms with Gasteiger partial charge in [0, 0.05) is 18.7 Å². The second-order valence-electron chi connectivity index (χ2n) is 6.34. The van der Waals surface area contributed by atoms with E-state index in [1.54, 1.807) is 12.1 Å². The van der Waals surface area contributed by atoms with E-state index in [2.05, 4.69) is 10.0 Å². The normalized spacial score (nSPS) is 12.5. The molecule has 2 N–H and O–H groups in total. The molecule has 1 unspecified atom stereocenters. The van der Waals surface area contributed by atoms with Crippen LogP contribution in [0.25, 0.3) is 0 Å². The Labute approximate surface area is 155 Å². The van der Waals surface area contributed by atoms with Crippen LogP contribution in [0, 0.1) is 0 Å². The summed E-state index contributed by atoms with van der Waals surface area (Å²) in [6.45, 7) is 4.44. The van der Waals surface area contributed by atoms with Crippen molar-refractivity contribution in [1.29, 1.82) is 0 Å². The molecule has 2 aromatic carbocycles. The zero-order chi connectivity index (χ0) is 19.0. The molecule has 0 spiro atoms. The van der Waals surface area contributed by atoms with Crippen molar-refractivity contribution in [3.63, 3.8) is 0 Å². The van der Waals surface area contributed by atoms with Gasteiger partial charge in [0.2, 0.25) is 15.9 Å². The van der Waals surface area contributed by atoms with Gasteiger partial charge in [0.1, 0.15) is 0 Å². The first-order valence-electron chi connectivity index (χ1n) is 8.87. The van der Waals surface area contributed by atoms with Crippen LogP contribution in [0.15, 0.2) is 59.5 Å². The largest absolute Gasteiger partial charge is 0.326 e. The lowest BCUT2D eigenvalue weighted by Gasteiger charge is -2.12. The van der Waals surface area contributed by atoms with E-state index < -0.39 is 10.0 Å². The van der Waals surface area contributed by atoms with Gasteiger partial charge in [-0.2, -0.15) is 0 Å². The van der Waals surface area contributed by atoms with Crippen LogP contribution in [0.2, 0.25) is 0 Å². The lowest BCUT2D eigenvalue weighted by molar-refractivity contribution is -0.116. The molecule has 0 saturated heterocycles. The summed E-state index contributed by atoms with van der Waals surface area (Å²) in [5.74, 6) is 0.0108. The number of nitrogens with one attached hydrogen (secondary N) is 2. The van der Waals surface area contributed by atoms with E-state index in [1.807, 2.05) is 44.2 Å². The van der Waals surface area contributed by atoms with E-state index in [9.17, 15) is 13.2 Å². The van der Waals surface area contributed by atoms with Crippen molar-refractivity contribution in [2.75, 3.05) is 11.9 Å². The number of carbonyl (C=O) groups excluding carboxylic acids is 1. The molecule has 1 atom stereocenters. The summed E-state index contributed by atoms with van der Waals surface area (Å²) >= 11 is 0. The predicted octanol–water partition coefficient (Wildman–Crippen LogP) is 3.90. The number of hydrogen-bond donors (Lipinski definition) is 2. The van der Waals surface area contributed by atoms with E-state index >= 15 is 0 Å². The molecule has 5 nitrogen and oxygen atoms in total. The van der Waals surface area contributed by atoms with E-state index in [4.69, 9.17) is 0 Å². The zero-order valence-corrected chi connectivity index (χ0v) is 16.1. The highest BCUT2D eigenvalue weighted by molar-refractivity contribution is 7.89. The highest BCUT2D eigenvalue weighted by atomic mass is 32.2. The lowest BCUT2D eigenvalue weighted by atomic mass is 9.97. The molecule has 0 fully saturated rings. The molecular formula is C20H26N2O3S. The molecule has 0 aliphatic heterocycles. The predicted molar refractivity (Wildman–Crippen MR) is 105 cm³/mol. The molecule has 0 heterocycles. The molecule has 1 amide bonds. The molecule has 0 bridgehead atoms. The van der Waals surface area contributed by atoms with Crippen LogP contribution >= 0.6 is 0 Å². The number of sulfonamides is 1. The van der Waals surface area contributed by atoms with Crippen molar-refractivity contribution in [2.45, 2.75) is 43.9 Å². The molecule has 0 aliphatic rings. The summed E-state index contributed by atoms with van der Waals surface area (Å²) in [4.78, 5) is 12.4. The van der Waals surface area contributed by atoms with Crippen molar-refractivity contribution in [3.8, 4) is 0 Å². The third-order valence-corrected chi connectivity index (χ3v) is 5.61. The van der Waals surface area contributed by atoms with Crippen LogP contribution in [0.3, 0.4) is 0 Å². The minimum atomic E-state index is -3.50. The maximum absolute atomic E-state index is 12.2. The van der Waals surface area contributed by atoms with Gasteiger partial charge in [-0.15, -0.1) is 0 Å². The Morgan fingerprint density at radius 2 is 1.69 bits per heavy atom. The monoisotopic (exact) mass is 374 g/mol. The maximum atomic E-state index is 12.2. The summed E-state index contributed by atoms with van der Waals surface area (Å²) in [7, 11) is -3.50. The molecular weight excluding hydrogens is 348 g/mol. The van der Waals surface area contributed by atoms with E-state index in [0.717, 1.165) is 18.4 Å². The Balaban J connectivity index is 1.93. The Morgan fingerprint density at radius 3 is 2.31 bits per heavy atom. The van der Waals surface area contributed by atoms with Gasteiger partial charge in [0.05, 0.1) is 4.90 Å². The molecule has 0 aliphatic carbocycles. The molecule has 2 aromatic rings. The molecule has 140 valence electrons. The lowest BCUT2D eigenvalue weighted by Crippen LogP contribution is -2.24. The van der Waals surface area contributed by atoms with Gasteiger partial charge in [-0.05, 0) is 42.2 Å². The first kappa shape index (κ1) is 20.1. The Bertz CT molecular complexity index is 803. The molecule has 6 heteroatoms. The number of anilines is 1. The fraction of sp³-hybridized carbons (Fsp3) is 0.350. The van der Waals surface area contributed by atoms with Gasteiger partial charge < -0.3 is 5.32 Å². The number of unbranched alkanes of at least 4 members (excludes halogenated alkanes) is 1. The zero-order valence-electron chi connectivity index (χ0n) is 15.2. The van der Waals surface area contributed by atoms with Crippen molar-refractivity contribution in [3.05, 3.63) is 60.2 Å². The minimum absolute atomic E-state index is 0.0990. The smallest absolute Gasteiger partial charge is 0.240 e. The number of carbonyl (C=O) groups is 1. The van der Waals surface area contributed by atoms with E-state index in [-0.39, 0.29) is 16.7 Å². The maximum Gasteiger partial charge on any atom is 0.240 e. The van der Waals surface area contributed by atoms with Crippen molar-refractivity contribution in [1.82, 2.24) is 4.72 Å². The first-order chi connectivity index (χ1) is 12.4. The molecule has 0 radical (unpaired) electrons. The number of amides is 1. The van der Waals surface area contributed by atoms with Crippen LogP contribution in [-0.4, -0.2) is 20.9 Å². The minimum Gasteiger partial charge on any atom is -0.326 e. The van der Waals surface area contributed by atoms with Crippen molar-refractivity contribution >= 4 is 21.6 Å². The Kier molecular flexibility index (Phi) is 7.36. The fourth-order valence-electron chi connectivity index (χ4n) is 2.57. The van der Waals surface area contributed by atoms with Gasteiger partial charge in [-0.25, -0.2) is 13.1 Å². The van der Waals surface area contributed by atoms with Gasteiger partial charge in [0.25, 0.3) is 0 Å². The summed E-state index contributed by atoms with van der Waals surface area (Å²) in [5.41, 5.74) is 1.70. The average molecular weight is 375 g/mol.